The number of hydrogen-bond acceptors (Lipinski definition) is 3. The van der Waals surface area contributed by atoms with Crippen LogP contribution in [0.2, 0.25) is 0 Å². The quantitative estimate of drug-likeness (QED) is 0.500. The highest BCUT2D eigenvalue weighted by atomic mass is 16.4. The third-order valence-electron chi connectivity index (χ3n) is 5.11. The first-order chi connectivity index (χ1) is 14.0. The lowest BCUT2D eigenvalue weighted by molar-refractivity contribution is -0.136. The highest BCUT2D eigenvalue weighted by Crippen LogP contribution is 2.32. The van der Waals surface area contributed by atoms with Crippen molar-refractivity contribution in [2.24, 2.45) is 0 Å². The molecule has 0 aliphatic heterocycles. The number of carbonyl (C=O) groups is 1. The SMILES string of the molecule is CN(c1cccc(Cn2cc(CC(=O)O)c3ccccc32)c1)c1ccccc1O. The molecule has 0 aliphatic rings. The normalized spacial score (nSPS) is 10.9. The van der Waals surface area contributed by atoms with Crippen LogP contribution in [0, 0.1) is 0 Å². The number of rotatable bonds is 6. The third kappa shape index (κ3) is 3.80. The molecular formula is C24H22N2O3. The summed E-state index contributed by atoms with van der Waals surface area (Å²) in [6, 6.07) is 23.2. The van der Waals surface area contributed by atoms with E-state index in [1.54, 1.807) is 12.1 Å². The molecule has 5 heteroatoms. The van der Waals surface area contributed by atoms with Gasteiger partial charge in [0.1, 0.15) is 5.75 Å². The summed E-state index contributed by atoms with van der Waals surface area (Å²) < 4.78 is 2.09. The maximum atomic E-state index is 11.2. The van der Waals surface area contributed by atoms with Crippen molar-refractivity contribution in [3.63, 3.8) is 0 Å². The van der Waals surface area contributed by atoms with Crippen LogP contribution >= 0.6 is 0 Å². The molecule has 1 heterocycles. The predicted molar refractivity (Wildman–Crippen MR) is 115 cm³/mol. The van der Waals surface area contributed by atoms with Crippen molar-refractivity contribution in [3.8, 4) is 5.75 Å². The molecule has 29 heavy (non-hydrogen) atoms. The number of phenolic OH excluding ortho intramolecular Hbond substituents is 1. The summed E-state index contributed by atoms with van der Waals surface area (Å²) >= 11 is 0. The van der Waals surface area contributed by atoms with Gasteiger partial charge in [-0.3, -0.25) is 4.79 Å². The lowest BCUT2D eigenvalue weighted by Gasteiger charge is -2.21. The fraction of sp³-hybridized carbons (Fsp3) is 0.125. The van der Waals surface area contributed by atoms with E-state index in [0.29, 0.717) is 6.54 Å². The summed E-state index contributed by atoms with van der Waals surface area (Å²) in [6.07, 6.45) is 1.93. The summed E-state index contributed by atoms with van der Waals surface area (Å²) in [5, 5.41) is 20.3. The Balaban J connectivity index is 1.67. The standard InChI is InChI=1S/C24H22N2O3/c1-25(22-11-4-5-12-23(22)27)19-8-6-7-17(13-19)15-26-16-18(14-24(28)29)20-9-2-3-10-21(20)26/h2-13,16,27H,14-15H2,1H3,(H,28,29). The Morgan fingerprint density at radius 3 is 2.55 bits per heavy atom. The number of hydrogen-bond donors (Lipinski definition) is 2. The molecule has 146 valence electrons. The number of aromatic hydroxyl groups is 1. The first-order valence-electron chi connectivity index (χ1n) is 9.42. The Kier molecular flexibility index (Phi) is 4.96. The van der Waals surface area contributed by atoms with Gasteiger partial charge in [0, 0.05) is 36.4 Å². The topological polar surface area (TPSA) is 65.7 Å². The fourth-order valence-electron chi connectivity index (χ4n) is 3.70. The molecule has 3 aromatic carbocycles. The largest absolute Gasteiger partial charge is 0.506 e. The van der Waals surface area contributed by atoms with Crippen molar-refractivity contribution in [3.05, 3.63) is 90.1 Å². The van der Waals surface area contributed by atoms with Crippen LogP contribution in [0.25, 0.3) is 10.9 Å². The number of para-hydroxylation sites is 3. The van der Waals surface area contributed by atoms with Gasteiger partial charge in [0.2, 0.25) is 0 Å². The molecule has 0 saturated carbocycles. The number of aromatic nitrogens is 1. The number of benzene rings is 3. The molecule has 0 spiro atoms. The minimum atomic E-state index is -0.834. The molecule has 0 fully saturated rings. The van der Waals surface area contributed by atoms with Crippen molar-refractivity contribution in [1.29, 1.82) is 0 Å². The second-order valence-electron chi connectivity index (χ2n) is 7.09. The minimum Gasteiger partial charge on any atom is -0.506 e. The van der Waals surface area contributed by atoms with E-state index in [0.717, 1.165) is 33.4 Å². The molecule has 2 N–H and O–H groups in total. The molecule has 0 saturated heterocycles. The van der Waals surface area contributed by atoms with E-state index >= 15 is 0 Å². The number of carboxylic acid groups (broad SMARTS) is 1. The summed E-state index contributed by atoms with van der Waals surface area (Å²) in [5.41, 5.74) is 4.62. The van der Waals surface area contributed by atoms with Gasteiger partial charge in [-0.15, -0.1) is 0 Å². The van der Waals surface area contributed by atoms with Crippen molar-refractivity contribution < 1.29 is 15.0 Å². The molecule has 0 atom stereocenters. The van der Waals surface area contributed by atoms with Gasteiger partial charge in [-0.1, -0.05) is 42.5 Å². The average Bonchev–Trinajstić information content (AvgIpc) is 3.05. The van der Waals surface area contributed by atoms with Crippen LogP contribution in [0.1, 0.15) is 11.1 Å². The van der Waals surface area contributed by atoms with Gasteiger partial charge in [0.15, 0.2) is 0 Å². The molecule has 0 radical (unpaired) electrons. The van der Waals surface area contributed by atoms with Crippen molar-refractivity contribution in [1.82, 2.24) is 4.57 Å². The van der Waals surface area contributed by atoms with Gasteiger partial charge in [0.25, 0.3) is 0 Å². The summed E-state index contributed by atoms with van der Waals surface area (Å²) in [6.45, 7) is 0.628. The fourth-order valence-corrected chi connectivity index (χ4v) is 3.70. The van der Waals surface area contributed by atoms with E-state index in [1.807, 2.05) is 72.7 Å². The smallest absolute Gasteiger partial charge is 0.307 e. The molecule has 4 rings (SSSR count). The van der Waals surface area contributed by atoms with Crippen LogP contribution in [-0.4, -0.2) is 27.8 Å². The molecule has 1 aromatic heterocycles. The molecule has 0 bridgehead atoms. The van der Waals surface area contributed by atoms with Gasteiger partial charge in [0.05, 0.1) is 12.1 Å². The summed E-state index contributed by atoms with van der Waals surface area (Å²) in [4.78, 5) is 13.2. The van der Waals surface area contributed by atoms with E-state index in [-0.39, 0.29) is 12.2 Å². The Bertz CT molecular complexity index is 1180. The van der Waals surface area contributed by atoms with Crippen LogP contribution < -0.4 is 4.90 Å². The highest BCUT2D eigenvalue weighted by molar-refractivity contribution is 5.87. The molecule has 0 amide bonds. The van der Waals surface area contributed by atoms with Crippen LogP contribution in [0.15, 0.2) is 79.0 Å². The molecule has 4 aromatic rings. The van der Waals surface area contributed by atoms with Gasteiger partial charge in [-0.2, -0.15) is 0 Å². The maximum Gasteiger partial charge on any atom is 0.307 e. The first kappa shape index (κ1) is 18.6. The monoisotopic (exact) mass is 386 g/mol. The van der Waals surface area contributed by atoms with Crippen molar-refractivity contribution in [2.45, 2.75) is 13.0 Å². The zero-order chi connectivity index (χ0) is 20.4. The maximum absolute atomic E-state index is 11.2. The van der Waals surface area contributed by atoms with E-state index in [1.165, 1.54) is 0 Å². The Labute approximate surface area is 169 Å². The van der Waals surface area contributed by atoms with Gasteiger partial charge < -0.3 is 19.7 Å². The second kappa shape index (κ2) is 7.72. The zero-order valence-electron chi connectivity index (χ0n) is 16.1. The van der Waals surface area contributed by atoms with Gasteiger partial charge >= 0.3 is 5.97 Å². The molecule has 5 nitrogen and oxygen atoms in total. The van der Waals surface area contributed by atoms with Gasteiger partial charge in [-0.25, -0.2) is 0 Å². The van der Waals surface area contributed by atoms with Gasteiger partial charge in [-0.05, 0) is 41.5 Å². The number of fused-ring (bicyclic) bond motifs is 1. The Morgan fingerprint density at radius 1 is 1.00 bits per heavy atom. The number of anilines is 2. The molecular weight excluding hydrogens is 364 g/mol. The van der Waals surface area contributed by atoms with E-state index in [9.17, 15) is 15.0 Å². The Hall–Kier alpha value is -3.73. The Morgan fingerprint density at radius 2 is 1.76 bits per heavy atom. The predicted octanol–water partition coefficient (Wildman–Crippen LogP) is 4.79. The van der Waals surface area contributed by atoms with Crippen LogP contribution in [0.5, 0.6) is 5.75 Å². The molecule has 0 unspecified atom stereocenters. The first-order valence-corrected chi connectivity index (χ1v) is 9.42. The van der Waals surface area contributed by atoms with Crippen molar-refractivity contribution >= 4 is 28.2 Å². The second-order valence-corrected chi connectivity index (χ2v) is 7.09. The van der Waals surface area contributed by atoms with E-state index < -0.39 is 5.97 Å². The number of nitrogens with zero attached hydrogens (tertiary/aromatic N) is 2. The van der Waals surface area contributed by atoms with E-state index in [2.05, 4.69) is 10.6 Å². The van der Waals surface area contributed by atoms with Crippen LogP contribution in [-0.2, 0) is 17.8 Å². The van der Waals surface area contributed by atoms with Crippen LogP contribution in [0.4, 0.5) is 11.4 Å². The van der Waals surface area contributed by atoms with Crippen LogP contribution in [0.3, 0.4) is 0 Å². The lowest BCUT2D eigenvalue weighted by atomic mass is 10.1. The summed E-state index contributed by atoms with van der Waals surface area (Å²) in [7, 11) is 1.92. The highest BCUT2D eigenvalue weighted by Gasteiger charge is 2.12. The molecule has 0 aliphatic carbocycles. The minimum absolute atomic E-state index is 0.00355. The van der Waals surface area contributed by atoms with Crippen molar-refractivity contribution in [2.75, 3.05) is 11.9 Å². The number of aliphatic carboxylic acids is 1. The summed E-state index contributed by atoms with van der Waals surface area (Å²) in [5.74, 6) is -0.602. The number of carboxylic acids is 1. The average molecular weight is 386 g/mol. The zero-order valence-corrected chi connectivity index (χ0v) is 16.1. The lowest BCUT2D eigenvalue weighted by Crippen LogP contribution is -2.10. The number of phenols is 1. The third-order valence-corrected chi connectivity index (χ3v) is 5.11. The van der Waals surface area contributed by atoms with E-state index in [4.69, 9.17) is 0 Å².